The summed E-state index contributed by atoms with van der Waals surface area (Å²) in [4.78, 5) is 10.7. The molecule has 2 heteroatoms. The number of terminal acetylenes is 2. The maximum absolute atomic E-state index is 10.7. The zero-order chi connectivity index (χ0) is 8.53. The highest BCUT2D eigenvalue weighted by molar-refractivity contribution is 5.69. The maximum Gasteiger partial charge on any atom is 0.306 e. The van der Waals surface area contributed by atoms with Crippen LogP contribution in [0.2, 0.25) is 0 Å². The van der Waals surface area contributed by atoms with Crippen LogP contribution in [0, 0.1) is 24.7 Å². The number of rotatable bonds is 4. The maximum atomic E-state index is 10.7. The topological polar surface area (TPSA) is 26.3 Å². The van der Waals surface area contributed by atoms with Crippen molar-refractivity contribution in [1.82, 2.24) is 0 Å². The molecule has 0 unspecified atom stereocenters. The number of hydrogen-bond donors (Lipinski definition) is 0. The first kappa shape index (κ1) is 9.59. The Balaban J connectivity index is 3.26. The van der Waals surface area contributed by atoms with Gasteiger partial charge in [-0.05, 0) is 6.42 Å². The van der Waals surface area contributed by atoms with E-state index in [2.05, 4.69) is 16.6 Å². The molecule has 0 rings (SSSR count). The summed E-state index contributed by atoms with van der Waals surface area (Å²) in [7, 11) is 0. The molecule has 0 N–H and O–H groups in total. The molecule has 0 spiro atoms. The smallest absolute Gasteiger partial charge is 0.306 e. The van der Waals surface area contributed by atoms with Crippen molar-refractivity contribution in [2.24, 2.45) is 0 Å². The van der Waals surface area contributed by atoms with Crippen LogP contribution in [0.1, 0.15) is 19.3 Å². The van der Waals surface area contributed by atoms with Gasteiger partial charge in [-0.1, -0.05) is 5.92 Å². The summed E-state index contributed by atoms with van der Waals surface area (Å²) >= 11 is 0. The lowest BCUT2D eigenvalue weighted by molar-refractivity contribution is -0.142. The fraction of sp³-hybridized carbons (Fsp3) is 0.444. The van der Waals surface area contributed by atoms with E-state index >= 15 is 0 Å². The third-order valence-corrected chi connectivity index (χ3v) is 1.02. The monoisotopic (exact) mass is 150 g/mol. The van der Waals surface area contributed by atoms with Crippen LogP contribution >= 0.6 is 0 Å². The SMILES string of the molecule is C#CCCCC(=O)OCC#C. The van der Waals surface area contributed by atoms with E-state index in [1.54, 1.807) is 0 Å². The predicted octanol–water partition coefficient (Wildman–Crippen LogP) is 0.966. The molecule has 0 aromatic rings. The number of ether oxygens (including phenoxy) is 1. The van der Waals surface area contributed by atoms with Crippen LogP contribution in [0.4, 0.5) is 0 Å². The van der Waals surface area contributed by atoms with Gasteiger partial charge >= 0.3 is 5.97 Å². The molecular formula is C9H10O2. The molecule has 0 saturated carbocycles. The number of hydrogen-bond acceptors (Lipinski definition) is 2. The standard InChI is InChI=1S/C9H10O2/c1-3-5-6-7-9(10)11-8-4-2/h1-2H,5-8H2. The van der Waals surface area contributed by atoms with Gasteiger partial charge in [0.25, 0.3) is 0 Å². The van der Waals surface area contributed by atoms with Crippen molar-refractivity contribution < 1.29 is 9.53 Å². The number of carbonyl (C=O) groups is 1. The molecule has 11 heavy (non-hydrogen) atoms. The van der Waals surface area contributed by atoms with E-state index in [0.29, 0.717) is 19.3 Å². The number of carbonyl (C=O) groups excluding carboxylic acids is 1. The van der Waals surface area contributed by atoms with Crippen LogP contribution in [0.25, 0.3) is 0 Å². The van der Waals surface area contributed by atoms with E-state index < -0.39 is 0 Å². The average Bonchev–Trinajstić information content (AvgIpc) is 2.01. The largest absolute Gasteiger partial charge is 0.452 e. The Morgan fingerprint density at radius 2 is 2.09 bits per heavy atom. The zero-order valence-electron chi connectivity index (χ0n) is 6.30. The van der Waals surface area contributed by atoms with Crippen molar-refractivity contribution in [3.8, 4) is 24.7 Å². The molecule has 0 aliphatic rings. The fourth-order valence-corrected chi connectivity index (χ4v) is 0.529. The summed E-state index contributed by atoms with van der Waals surface area (Å²) in [5.41, 5.74) is 0. The van der Waals surface area contributed by atoms with Gasteiger partial charge in [0.05, 0.1) is 0 Å². The summed E-state index contributed by atoms with van der Waals surface area (Å²) < 4.78 is 4.59. The summed E-state index contributed by atoms with van der Waals surface area (Å²) in [6.07, 6.45) is 11.5. The second kappa shape index (κ2) is 6.71. The van der Waals surface area contributed by atoms with Gasteiger partial charge < -0.3 is 4.74 Å². The molecular weight excluding hydrogens is 140 g/mol. The van der Waals surface area contributed by atoms with Gasteiger partial charge in [0, 0.05) is 12.8 Å². The molecule has 0 aromatic heterocycles. The minimum atomic E-state index is -0.279. The molecule has 0 aliphatic heterocycles. The van der Waals surface area contributed by atoms with Crippen molar-refractivity contribution in [3.63, 3.8) is 0 Å². The minimum Gasteiger partial charge on any atom is -0.452 e. The van der Waals surface area contributed by atoms with Crippen LogP contribution in [0.3, 0.4) is 0 Å². The molecule has 0 saturated heterocycles. The minimum absolute atomic E-state index is 0.0505. The summed E-state index contributed by atoms with van der Waals surface area (Å²) in [5.74, 6) is 4.36. The van der Waals surface area contributed by atoms with Crippen molar-refractivity contribution >= 4 is 5.97 Å². The van der Waals surface area contributed by atoms with Crippen LogP contribution in [0.5, 0.6) is 0 Å². The van der Waals surface area contributed by atoms with Crippen LogP contribution in [-0.2, 0) is 9.53 Å². The first-order valence-corrected chi connectivity index (χ1v) is 3.33. The Hall–Kier alpha value is -1.41. The third-order valence-electron chi connectivity index (χ3n) is 1.02. The average molecular weight is 150 g/mol. The van der Waals surface area contributed by atoms with Gasteiger partial charge in [0.2, 0.25) is 0 Å². The van der Waals surface area contributed by atoms with Gasteiger partial charge in [0.1, 0.15) is 0 Å². The highest BCUT2D eigenvalue weighted by Crippen LogP contribution is 1.95. The van der Waals surface area contributed by atoms with Gasteiger partial charge in [0.15, 0.2) is 6.61 Å². The lowest BCUT2D eigenvalue weighted by Gasteiger charge is -1.97. The molecule has 0 aromatic carbocycles. The molecule has 0 radical (unpaired) electrons. The first-order chi connectivity index (χ1) is 5.31. The summed E-state index contributed by atoms with van der Waals surface area (Å²) in [6, 6.07) is 0. The van der Waals surface area contributed by atoms with E-state index in [4.69, 9.17) is 12.8 Å². The quantitative estimate of drug-likeness (QED) is 0.339. The van der Waals surface area contributed by atoms with E-state index in [9.17, 15) is 4.79 Å². The Morgan fingerprint density at radius 1 is 1.36 bits per heavy atom. The Morgan fingerprint density at radius 3 is 2.64 bits per heavy atom. The Bertz CT molecular complexity index is 193. The van der Waals surface area contributed by atoms with Crippen molar-refractivity contribution in [3.05, 3.63) is 0 Å². The molecule has 0 aliphatic carbocycles. The predicted molar refractivity (Wildman–Crippen MR) is 42.5 cm³/mol. The second-order valence-electron chi connectivity index (χ2n) is 1.92. The molecule has 0 heterocycles. The lowest BCUT2D eigenvalue weighted by atomic mass is 10.2. The van der Waals surface area contributed by atoms with Crippen LogP contribution in [-0.4, -0.2) is 12.6 Å². The lowest BCUT2D eigenvalue weighted by Crippen LogP contribution is -2.03. The highest BCUT2D eigenvalue weighted by Gasteiger charge is 1.99. The zero-order valence-corrected chi connectivity index (χ0v) is 6.30. The third kappa shape index (κ3) is 6.48. The molecule has 58 valence electrons. The van der Waals surface area contributed by atoms with Crippen molar-refractivity contribution in [1.29, 1.82) is 0 Å². The van der Waals surface area contributed by atoms with E-state index in [0.717, 1.165) is 0 Å². The normalized spacial score (nSPS) is 7.82. The molecule has 0 bridgehead atoms. The second-order valence-corrected chi connectivity index (χ2v) is 1.92. The highest BCUT2D eigenvalue weighted by atomic mass is 16.5. The fourth-order valence-electron chi connectivity index (χ4n) is 0.529. The Labute approximate surface area is 66.9 Å². The van der Waals surface area contributed by atoms with Gasteiger partial charge in [-0.25, -0.2) is 0 Å². The van der Waals surface area contributed by atoms with Gasteiger partial charge in [-0.15, -0.1) is 18.8 Å². The molecule has 0 atom stereocenters. The van der Waals surface area contributed by atoms with Crippen molar-refractivity contribution in [2.75, 3.05) is 6.61 Å². The summed E-state index contributed by atoms with van der Waals surface area (Å²) in [6.45, 7) is 0.0505. The van der Waals surface area contributed by atoms with Gasteiger partial charge in [-0.3, -0.25) is 4.79 Å². The first-order valence-electron chi connectivity index (χ1n) is 3.33. The van der Waals surface area contributed by atoms with Gasteiger partial charge in [-0.2, -0.15) is 0 Å². The van der Waals surface area contributed by atoms with E-state index in [-0.39, 0.29) is 12.6 Å². The number of unbranched alkanes of at least 4 members (excludes halogenated alkanes) is 1. The van der Waals surface area contributed by atoms with Crippen LogP contribution in [0.15, 0.2) is 0 Å². The van der Waals surface area contributed by atoms with Crippen molar-refractivity contribution in [2.45, 2.75) is 19.3 Å². The van der Waals surface area contributed by atoms with E-state index in [1.807, 2.05) is 0 Å². The summed E-state index contributed by atoms with van der Waals surface area (Å²) in [5, 5.41) is 0. The number of esters is 1. The molecule has 0 amide bonds. The molecule has 2 nitrogen and oxygen atoms in total. The Kier molecular flexibility index (Phi) is 5.85. The molecule has 0 fully saturated rings. The van der Waals surface area contributed by atoms with E-state index in [1.165, 1.54) is 0 Å². The van der Waals surface area contributed by atoms with Crippen LogP contribution < -0.4 is 0 Å².